The van der Waals surface area contributed by atoms with E-state index in [9.17, 15) is 24.5 Å². The first-order chi connectivity index (χ1) is 12.5. The number of nitrogens with zero attached hydrogens (tertiary/aromatic N) is 2. The molecule has 2 aliphatic rings. The van der Waals surface area contributed by atoms with E-state index in [1.54, 1.807) is 0 Å². The van der Waals surface area contributed by atoms with Crippen LogP contribution < -0.4 is 22.4 Å². The highest BCUT2D eigenvalue weighted by atomic mass is 31.3. The number of amidine groups is 1. The molecule has 6 atom stereocenters. The largest absolute Gasteiger partial charge is 0.601 e. The van der Waals surface area contributed by atoms with Crippen molar-refractivity contribution >= 4 is 34.1 Å². The molecule has 1 saturated heterocycles. The highest BCUT2D eigenvalue weighted by molar-refractivity contribution is 7.64. The van der Waals surface area contributed by atoms with E-state index in [-0.39, 0.29) is 5.84 Å². The molecule has 152 valence electrons. The van der Waals surface area contributed by atoms with Crippen LogP contribution in [0.4, 0.5) is 4.79 Å². The third kappa shape index (κ3) is 5.24. The predicted octanol–water partition coefficient (Wildman–Crippen LogP) is -5.27. The SMILES string of the molecule is NC1=NC(=O)[N+]([C@@H]2O[C@H](CO[P+]([O-])(O[NH3+])OP(=O)(O)O[NH3+])[C@@H](O)[C@H]2O)=C[CH+]1. The molecule has 2 unspecified atom stereocenters. The Labute approximate surface area is 151 Å². The van der Waals surface area contributed by atoms with Crippen molar-refractivity contribution in [3.63, 3.8) is 0 Å². The lowest BCUT2D eigenvalue weighted by Gasteiger charge is -2.21. The third-order valence-corrected chi connectivity index (χ3v) is 6.12. The molecule has 11 N–H and O–H groups in total. The van der Waals surface area contributed by atoms with Gasteiger partial charge in [0.05, 0.1) is 4.99 Å². The summed E-state index contributed by atoms with van der Waals surface area (Å²) < 4.78 is 34.4. The number of phosphoric acid groups is 2. The average molecular weight is 435 g/mol. The van der Waals surface area contributed by atoms with E-state index in [1.165, 1.54) is 12.6 Å². The fourth-order valence-electron chi connectivity index (χ4n) is 2.12. The fourth-order valence-corrected chi connectivity index (χ4v) is 4.10. The number of hydrogen-bond acceptors (Lipinski definition) is 11. The summed E-state index contributed by atoms with van der Waals surface area (Å²) in [4.78, 5) is 36.5. The molecule has 0 aliphatic carbocycles. The molecule has 18 heteroatoms. The summed E-state index contributed by atoms with van der Waals surface area (Å²) >= 11 is 0. The monoisotopic (exact) mass is 435 g/mol. The molecule has 2 heterocycles. The highest BCUT2D eigenvalue weighted by Gasteiger charge is 2.53. The van der Waals surface area contributed by atoms with E-state index in [4.69, 9.17) is 19.9 Å². The first-order valence-corrected chi connectivity index (χ1v) is 10.00. The molecule has 16 nitrogen and oxygen atoms in total. The van der Waals surface area contributed by atoms with Gasteiger partial charge in [0.25, 0.3) is 6.21 Å². The number of carbonyl (C=O) groups is 1. The number of aliphatic imine (C=N–C) groups is 1. The topological polar surface area (TPSA) is 261 Å². The Morgan fingerprint density at radius 1 is 1.48 bits per heavy atom. The Kier molecular flexibility index (Phi) is 6.99. The number of urea groups is 1. The molecule has 27 heavy (non-hydrogen) atoms. The lowest BCUT2D eigenvalue weighted by molar-refractivity contribution is -0.657. The number of amides is 2. The quantitative estimate of drug-likeness (QED) is 0.0904. The zero-order valence-corrected chi connectivity index (χ0v) is 15.3. The molecule has 0 aromatic carbocycles. The molecule has 0 bridgehead atoms. The minimum Gasteiger partial charge on any atom is -0.601 e. The van der Waals surface area contributed by atoms with Crippen molar-refractivity contribution in [3.05, 3.63) is 6.42 Å². The highest BCUT2D eigenvalue weighted by Crippen LogP contribution is 2.64. The lowest BCUT2D eigenvalue weighted by Crippen LogP contribution is -2.52. The van der Waals surface area contributed by atoms with Crippen LogP contribution in [-0.4, -0.2) is 68.9 Å². The summed E-state index contributed by atoms with van der Waals surface area (Å²) in [5, 5.41) is 20.1. The van der Waals surface area contributed by atoms with Gasteiger partial charge in [0.2, 0.25) is 12.6 Å². The van der Waals surface area contributed by atoms with Crippen LogP contribution in [0.25, 0.3) is 0 Å². The molecule has 2 rings (SSSR count). The van der Waals surface area contributed by atoms with Crippen molar-refractivity contribution in [2.45, 2.75) is 24.5 Å². The van der Waals surface area contributed by atoms with Crippen LogP contribution in [0.2, 0.25) is 0 Å². The third-order valence-electron chi connectivity index (χ3n) is 3.38. The van der Waals surface area contributed by atoms with Gasteiger partial charge < -0.3 is 25.6 Å². The maximum Gasteiger partial charge on any atom is 0.557 e. The molecule has 0 aromatic heterocycles. The summed E-state index contributed by atoms with van der Waals surface area (Å²) in [6.07, 6.45) is -3.42. The Morgan fingerprint density at radius 3 is 2.70 bits per heavy atom. The zero-order chi connectivity index (χ0) is 20.4. The normalized spacial score (nSPS) is 32.9. The summed E-state index contributed by atoms with van der Waals surface area (Å²) in [6, 6.07) is -0.850. The number of aliphatic hydroxyl groups is 2. The number of hydrogen-bond donors (Lipinski definition) is 6. The smallest absolute Gasteiger partial charge is 0.557 e. The second-order valence-electron chi connectivity index (χ2n) is 5.14. The summed E-state index contributed by atoms with van der Waals surface area (Å²) in [5.74, 6) is 5.40. The van der Waals surface area contributed by atoms with Gasteiger partial charge in [-0.3, -0.25) is 4.89 Å². The molecule has 0 radical (unpaired) electrons. The van der Waals surface area contributed by atoms with Gasteiger partial charge in [-0.1, -0.05) is 8.94 Å². The van der Waals surface area contributed by atoms with Crippen LogP contribution in [0.3, 0.4) is 0 Å². The van der Waals surface area contributed by atoms with Crippen molar-refractivity contribution in [2.24, 2.45) is 10.7 Å². The summed E-state index contributed by atoms with van der Waals surface area (Å²) in [6.45, 7) is -0.740. The molecular weight excluding hydrogens is 416 g/mol. The lowest BCUT2D eigenvalue weighted by atomic mass is 10.1. The van der Waals surface area contributed by atoms with E-state index in [0.717, 1.165) is 4.58 Å². The van der Waals surface area contributed by atoms with Crippen molar-refractivity contribution in [1.29, 1.82) is 0 Å². The van der Waals surface area contributed by atoms with Gasteiger partial charge in [0.1, 0.15) is 24.9 Å². The number of aliphatic hydroxyl groups excluding tert-OH is 2. The van der Waals surface area contributed by atoms with Crippen LogP contribution in [0.1, 0.15) is 0 Å². The molecule has 0 saturated carbocycles. The molecule has 1 fully saturated rings. The van der Waals surface area contributed by atoms with Gasteiger partial charge in [-0.2, -0.15) is 15.2 Å². The number of rotatable bonds is 8. The Balaban J connectivity index is 2.03. The van der Waals surface area contributed by atoms with Gasteiger partial charge in [0.15, 0.2) is 0 Å². The van der Waals surface area contributed by atoms with Crippen LogP contribution >= 0.6 is 16.0 Å². The minimum absolute atomic E-state index is 0.0593. The van der Waals surface area contributed by atoms with Gasteiger partial charge >= 0.3 is 27.9 Å². The molecule has 2 amide bonds. The predicted molar refractivity (Wildman–Crippen MR) is 80.0 cm³/mol. The van der Waals surface area contributed by atoms with Gasteiger partial charge in [-0.15, -0.1) is 4.58 Å². The maximum absolute atomic E-state index is 12.1. The van der Waals surface area contributed by atoms with E-state index in [2.05, 4.69) is 30.3 Å². The second-order valence-corrected chi connectivity index (χ2v) is 8.40. The molecule has 0 aromatic rings. The van der Waals surface area contributed by atoms with E-state index in [1.807, 2.05) is 0 Å². The number of nitrogens with two attached hydrogens (primary N) is 1. The van der Waals surface area contributed by atoms with E-state index < -0.39 is 53.2 Å². The van der Waals surface area contributed by atoms with Gasteiger partial charge in [0, 0.05) is 0 Å². The van der Waals surface area contributed by atoms with Crippen LogP contribution in [0, 0.1) is 6.42 Å². The average Bonchev–Trinajstić information content (AvgIpc) is 2.88. The van der Waals surface area contributed by atoms with E-state index >= 15 is 0 Å². The summed E-state index contributed by atoms with van der Waals surface area (Å²) in [5.41, 5.74) is 5.37. The summed E-state index contributed by atoms with van der Waals surface area (Å²) in [7, 11) is -9.56. The first kappa shape index (κ1) is 22.2. The zero-order valence-electron chi connectivity index (χ0n) is 13.6. The number of ether oxygens (including phenoxy) is 1. The molecule has 2 aliphatic heterocycles. The molecule has 0 spiro atoms. The van der Waals surface area contributed by atoms with Crippen LogP contribution in [-0.2, 0) is 27.4 Å². The van der Waals surface area contributed by atoms with Crippen molar-refractivity contribution in [3.8, 4) is 0 Å². The van der Waals surface area contributed by atoms with Gasteiger partial charge in [-0.05, 0) is 4.62 Å². The van der Waals surface area contributed by atoms with Gasteiger partial charge in [-0.25, -0.2) is 10.5 Å². The first-order valence-electron chi connectivity index (χ1n) is 7.04. The van der Waals surface area contributed by atoms with Crippen molar-refractivity contribution in [2.75, 3.05) is 6.61 Å². The molecular formula is C9H19N5O11P2+4. The van der Waals surface area contributed by atoms with E-state index in [0.29, 0.717) is 0 Å². The Morgan fingerprint density at radius 2 is 2.15 bits per heavy atom. The fraction of sp³-hybridized carbons (Fsp3) is 0.556. The van der Waals surface area contributed by atoms with Crippen molar-refractivity contribution in [1.82, 2.24) is 0 Å². The Hall–Kier alpha value is -1.10. The number of carbonyl (C=O) groups excluding carboxylic acids is 1. The number of quaternary nitrogens is 2. The van der Waals surface area contributed by atoms with Crippen LogP contribution in [0.5, 0.6) is 0 Å². The second kappa shape index (κ2) is 8.50. The Bertz CT molecular complexity index is 691. The van der Waals surface area contributed by atoms with Crippen molar-refractivity contribution < 1.29 is 68.5 Å². The standard InChI is InChI=1S/C9H17N5O11P2/c10-5-1-2-14(9(17)13-5)8-7(16)6(15)4(22-8)3-21-27(20,24-12)25-26(18,19)23-11/h1-2,4,6-8,15-16H,3H2,11-12H3,(H-2,10,13,17,18,19)/q+2/p+2/t4-,6-,7-,8-,27?/m1/s1. The maximum atomic E-state index is 12.1. The van der Waals surface area contributed by atoms with Crippen LogP contribution in [0.15, 0.2) is 4.99 Å². The minimum atomic E-state index is -4.85.